The summed E-state index contributed by atoms with van der Waals surface area (Å²) in [5.41, 5.74) is 9.58. The molecule has 2 aliphatic heterocycles. The van der Waals surface area contributed by atoms with Crippen LogP contribution in [-0.4, -0.2) is 47.7 Å². The second kappa shape index (κ2) is 15.0. The van der Waals surface area contributed by atoms with Crippen LogP contribution < -0.4 is 15.4 Å². The van der Waals surface area contributed by atoms with Gasteiger partial charge in [0.05, 0.1) is 28.5 Å². The highest BCUT2D eigenvalue weighted by molar-refractivity contribution is 6.39. The third-order valence-electron chi connectivity index (χ3n) is 9.13. The van der Waals surface area contributed by atoms with Crippen molar-refractivity contribution in [2.24, 2.45) is 0 Å². The van der Waals surface area contributed by atoms with Gasteiger partial charge in [0.15, 0.2) is 0 Å². The molecular formula is C38H43Cl2N5O. The molecule has 2 aliphatic rings. The van der Waals surface area contributed by atoms with Gasteiger partial charge < -0.3 is 15.4 Å². The monoisotopic (exact) mass is 655 g/mol. The molecule has 240 valence electrons. The minimum atomic E-state index is 0.408. The van der Waals surface area contributed by atoms with Gasteiger partial charge in [0.1, 0.15) is 0 Å². The average Bonchev–Trinajstić information content (AvgIpc) is 3.50. The molecule has 1 atom stereocenters. The van der Waals surface area contributed by atoms with E-state index in [0.717, 1.165) is 96.0 Å². The number of piperidine rings is 1. The van der Waals surface area contributed by atoms with Gasteiger partial charge in [0, 0.05) is 64.9 Å². The third kappa shape index (κ3) is 7.26. The van der Waals surface area contributed by atoms with E-state index in [-0.39, 0.29) is 0 Å². The topological polar surface area (TPSA) is 62.3 Å². The maximum absolute atomic E-state index is 7.15. The number of hydrogen-bond donors (Lipinski definition) is 2. The lowest BCUT2D eigenvalue weighted by atomic mass is 9.97. The molecule has 0 saturated carbocycles. The first-order chi connectivity index (χ1) is 22.4. The Morgan fingerprint density at radius 3 is 2.11 bits per heavy atom. The molecule has 0 bridgehead atoms. The Morgan fingerprint density at radius 2 is 1.50 bits per heavy atom. The molecule has 2 fully saturated rings. The van der Waals surface area contributed by atoms with Crippen molar-refractivity contribution in [2.45, 2.75) is 64.6 Å². The van der Waals surface area contributed by atoms with Crippen LogP contribution >= 0.6 is 23.2 Å². The Hall–Kier alpha value is -3.42. The van der Waals surface area contributed by atoms with E-state index in [2.05, 4.69) is 47.2 Å². The Kier molecular flexibility index (Phi) is 10.6. The minimum absolute atomic E-state index is 0.408. The summed E-state index contributed by atoms with van der Waals surface area (Å²) in [5.74, 6) is 0.580. The Balaban J connectivity index is 1.24. The number of likely N-dealkylation sites (tertiary alicyclic amines) is 1. The molecule has 6 rings (SSSR count). The normalized spacial score (nSPS) is 16.9. The first-order valence-corrected chi connectivity index (χ1v) is 17.2. The summed E-state index contributed by atoms with van der Waals surface area (Å²) >= 11 is 14.3. The molecule has 6 nitrogen and oxygen atoms in total. The number of methoxy groups -OCH3 is 1. The van der Waals surface area contributed by atoms with Crippen LogP contribution in [-0.2, 0) is 19.5 Å². The van der Waals surface area contributed by atoms with Gasteiger partial charge in [-0.1, -0.05) is 91.7 Å². The first kappa shape index (κ1) is 32.5. The van der Waals surface area contributed by atoms with Crippen LogP contribution in [0, 0.1) is 0 Å². The fourth-order valence-electron chi connectivity index (χ4n) is 6.61. The summed E-state index contributed by atoms with van der Waals surface area (Å²) in [5, 5.41) is 8.17. The number of rotatable bonds is 11. The molecular weight excluding hydrogens is 613 g/mol. The van der Waals surface area contributed by atoms with Gasteiger partial charge in [0.25, 0.3) is 0 Å². The van der Waals surface area contributed by atoms with Crippen LogP contribution in [0.25, 0.3) is 33.6 Å². The number of nitrogens with one attached hydrogen (secondary N) is 2. The standard InChI is InChI=1S/C38H43Cl2N5O/c1-4-33-27(24-45-20-6-5-7-21-45)16-19-34(43-33)31-12-8-10-29(36(31)39)30-11-9-13-32(37(30)40)35-18-15-26(38(44-35)46-3)22-41-23-28-17-14-25(2)42-28/h8-13,15-16,18-19,28,41-42H,2,4-7,14,17,20-24H2,1,3H3. The second-order valence-electron chi connectivity index (χ2n) is 12.3. The molecule has 2 N–H and O–H groups in total. The van der Waals surface area contributed by atoms with Gasteiger partial charge in [-0.2, -0.15) is 0 Å². The van der Waals surface area contributed by atoms with Crippen molar-refractivity contribution in [1.82, 2.24) is 25.5 Å². The van der Waals surface area contributed by atoms with Crippen molar-refractivity contribution in [3.63, 3.8) is 0 Å². The lowest BCUT2D eigenvalue weighted by molar-refractivity contribution is 0.220. The number of hydrogen-bond acceptors (Lipinski definition) is 6. The van der Waals surface area contributed by atoms with E-state index in [9.17, 15) is 0 Å². The number of aromatic nitrogens is 2. The number of aryl methyl sites for hydroxylation is 1. The van der Waals surface area contributed by atoms with E-state index in [1.807, 2.05) is 42.5 Å². The first-order valence-electron chi connectivity index (χ1n) is 16.4. The van der Waals surface area contributed by atoms with E-state index in [1.54, 1.807) is 7.11 Å². The summed E-state index contributed by atoms with van der Waals surface area (Å²) in [4.78, 5) is 12.5. The maximum Gasteiger partial charge on any atom is 0.218 e. The summed E-state index contributed by atoms with van der Waals surface area (Å²) in [6, 6.07) is 20.9. The lowest BCUT2D eigenvalue weighted by Crippen LogP contribution is -2.33. The Labute approximate surface area is 283 Å². The molecule has 0 amide bonds. The van der Waals surface area contributed by atoms with E-state index >= 15 is 0 Å². The van der Waals surface area contributed by atoms with Crippen molar-refractivity contribution in [2.75, 3.05) is 26.7 Å². The van der Waals surface area contributed by atoms with Crippen LogP contribution in [0.15, 0.2) is 72.9 Å². The smallest absolute Gasteiger partial charge is 0.218 e. The summed E-state index contributed by atoms with van der Waals surface area (Å²) in [6.45, 7) is 11.0. The highest BCUT2D eigenvalue weighted by Crippen LogP contribution is 2.42. The average molecular weight is 657 g/mol. The predicted molar refractivity (Wildman–Crippen MR) is 190 cm³/mol. The van der Waals surface area contributed by atoms with Crippen molar-refractivity contribution >= 4 is 23.2 Å². The minimum Gasteiger partial charge on any atom is -0.481 e. The molecule has 2 aromatic heterocycles. The number of nitrogens with zero attached hydrogens (tertiary/aromatic N) is 3. The van der Waals surface area contributed by atoms with Gasteiger partial charge in [-0.05, 0) is 62.9 Å². The Morgan fingerprint density at radius 1 is 0.870 bits per heavy atom. The molecule has 2 saturated heterocycles. The number of pyridine rings is 2. The second-order valence-corrected chi connectivity index (χ2v) is 13.1. The molecule has 1 unspecified atom stereocenters. The summed E-state index contributed by atoms with van der Waals surface area (Å²) in [7, 11) is 1.65. The molecule has 0 aliphatic carbocycles. The summed E-state index contributed by atoms with van der Waals surface area (Å²) in [6.07, 6.45) is 6.90. The molecule has 4 heterocycles. The van der Waals surface area contributed by atoms with Gasteiger partial charge >= 0.3 is 0 Å². The largest absolute Gasteiger partial charge is 0.481 e. The van der Waals surface area contributed by atoms with Gasteiger partial charge in [-0.3, -0.25) is 9.88 Å². The van der Waals surface area contributed by atoms with E-state index in [4.69, 9.17) is 37.9 Å². The number of allylic oxidation sites excluding steroid dienone is 1. The zero-order valence-corrected chi connectivity index (χ0v) is 28.4. The molecule has 2 aromatic carbocycles. The molecule has 46 heavy (non-hydrogen) atoms. The lowest BCUT2D eigenvalue weighted by Gasteiger charge is -2.27. The zero-order valence-electron chi connectivity index (χ0n) is 26.8. The van der Waals surface area contributed by atoms with Crippen molar-refractivity contribution in [3.8, 4) is 39.5 Å². The van der Waals surface area contributed by atoms with Crippen LogP contribution in [0.1, 0.15) is 55.8 Å². The fraction of sp³-hybridized carbons (Fsp3) is 0.368. The van der Waals surface area contributed by atoms with Gasteiger partial charge in [0.2, 0.25) is 5.88 Å². The van der Waals surface area contributed by atoms with Crippen LogP contribution in [0.3, 0.4) is 0 Å². The van der Waals surface area contributed by atoms with Crippen LogP contribution in [0.4, 0.5) is 0 Å². The molecule has 0 radical (unpaired) electrons. The molecule has 0 spiro atoms. The molecule has 8 heteroatoms. The SMILES string of the molecule is C=C1CCC(CNCc2ccc(-c3cccc(-c4cccc(-c5ccc(CN6CCCCC6)c(CC)n5)c4Cl)c3Cl)nc2OC)N1. The fourth-order valence-corrected chi connectivity index (χ4v) is 7.26. The Bertz CT molecular complexity index is 1700. The number of halogens is 2. The van der Waals surface area contributed by atoms with E-state index in [1.165, 1.54) is 24.8 Å². The number of benzene rings is 2. The van der Waals surface area contributed by atoms with Gasteiger partial charge in [-0.25, -0.2) is 4.98 Å². The maximum atomic E-state index is 7.15. The van der Waals surface area contributed by atoms with Gasteiger partial charge in [-0.15, -0.1) is 0 Å². The van der Waals surface area contributed by atoms with Crippen molar-refractivity contribution < 1.29 is 4.74 Å². The predicted octanol–water partition coefficient (Wildman–Crippen LogP) is 8.70. The van der Waals surface area contributed by atoms with Crippen LogP contribution in [0.2, 0.25) is 10.0 Å². The zero-order chi connectivity index (χ0) is 32.0. The van der Waals surface area contributed by atoms with E-state index in [0.29, 0.717) is 28.5 Å². The highest BCUT2D eigenvalue weighted by Gasteiger charge is 2.20. The summed E-state index contributed by atoms with van der Waals surface area (Å²) < 4.78 is 5.70. The van der Waals surface area contributed by atoms with Crippen LogP contribution in [0.5, 0.6) is 5.88 Å². The van der Waals surface area contributed by atoms with E-state index < -0.39 is 0 Å². The third-order valence-corrected chi connectivity index (χ3v) is 9.94. The highest BCUT2D eigenvalue weighted by atomic mass is 35.5. The number of ether oxygens (including phenoxy) is 1. The molecule has 4 aromatic rings. The quantitative estimate of drug-likeness (QED) is 0.169. The van der Waals surface area contributed by atoms with Crippen molar-refractivity contribution in [1.29, 1.82) is 0 Å². The van der Waals surface area contributed by atoms with Crippen molar-refractivity contribution in [3.05, 3.63) is 99.8 Å².